The lowest BCUT2D eigenvalue weighted by atomic mass is 10.0. The average Bonchev–Trinajstić information content (AvgIpc) is 3.35. The Morgan fingerprint density at radius 1 is 1.33 bits per heavy atom. The number of hydrogen-bond acceptors (Lipinski definition) is 6. The van der Waals surface area contributed by atoms with Gasteiger partial charge in [-0.3, -0.25) is 9.69 Å². The highest BCUT2D eigenvalue weighted by Gasteiger charge is 2.39. The van der Waals surface area contributed by atoms with Crippen LogP contribution in [0.4, 0.5) is 0 Å². The molecule has 0 aromatic carbocycles. The molecule has 2 unspecified atom stereocenters. The van der Waals surface area contributed by atoms with Gasteiger partial charge in [0.2, 0.25) is 17.6 Å². The van der Waals surface area contributed by atoms with Gasteiger partial charge in [-0.15, -0.1) is 0 Å². The van der Waals surface area contributed by atoms with Gasteiger partial charge in [0.25, 0.3) is 0 Å². The molecule has 128 valence electrons. The first-order valence-corrected chi connectivity index (χ1v) is 9.53. The number of nitrogens with zero attached hydrogens (tertiary/aromatic N) is 4. The third kappa shape index (κ3) is 2.98. The molecule has 0 spiro atoms. The van der Waals surface area contributed by atoms with E-state index in [2.05, 4.69) is 15.0 Å². The standard InChI is InChI=1S/C17H22N4O2S/c1-12(22)21-8-3-5-15(21)14-4-2-7-20(14)10-16-18-17(19-23-16)13-6-9-24-11-13/h6,9,11,14-15H,2-5,7-8,10H2,1H3. The third-order valence-corrected chi connectivity index (χ3v) is 5.83. The van der Waals surface area contributed by atoms with Crippen LogP contribution in [0.5, 0.6) is 0 Å². The molecule has 2 aromatic rings. The third-order valence-electron chi connectivity index (χ3n) is 5.15. The fourth-order valence-corrected chi connectivity index (χ4v) is 4.70. The highest BCUT2D eigenvalue weighted by atomic mass is 32.1. The second kappa shape index (κ2) is 6.64. The Labute approximate surface area is 145 Å². The van der Waals surface area contributed by atoms with Gasteiger partial charge in [0.15, 0.2) is 0 Å². The fraction of sp³-hybridized carbons (Fsp3) is 0.588. The number of carbonyl (C=O) groups is 1. The zero-order valence-electron chi connectivity index (χ0n) is 13.9. The first-order valence-electron chi connectivity index (χ1n) is 8.59. The van der Waals surface area contributed by atoms with E-state index in [1.54, 1.807) is 18.3 Å². The van der Waals surface area contributed by atoms with Crippen LogP contribution in [0.1, 0.15) is 38.5 Å². The first-order chi connectivity index (χ1) is 11.7. The zero-order valence-corrected chi connectivity index (χ0v) is 14.7. The first kappa shape index (κ1) is 15.8. The van der Waals surface area contributed by atoms with Crippen LogP contribution in [-0.2, 0) is 11.3 Å². The summed E-state index contributed by atoms with van der Waals surface area (Å²) in [5, 5.41) is 8.13. The quantitative estimate of drug-likeness (QED) is 0.852. The van der Waals surface area contributed by atoms with E-state index in [0.29, 0.717) is 30.3 Å². The lowest BCUT2D eigenvalue weighted by molar-refractivity contribution is -0.130. The van der Waals surface area contributed by atoms with Crippen molar-refractivity contribution in [2.45, 2.75) is 51.2 Å². The molecular formula is C17H22N4O2S. The molecule has 4 rings (SSSR count). The zero-order chi connectivity index (χ0) is 16.5. The lowest BCUT2D eigenvalue weighted by Gasteiger charge is -2.33. The molecule has 6 nitrogen and oxygen atoms in total. The van der Waals surface area contributed by atoms with Crippen molar-refractivity contribution in [2.75, 3.05) is 13.1 Å². The average molecular weight is 346 g/mol. The second-order valence-electron chi connectivity index (χ2n) is 6.63. The molecule has 2 fully saturated rings. The van der Waals surface area contributed by atoms with E-state index in [9.17, 15) is 4.79 Å². The minimum absolute atomic E-state index is 0.196. The molecular weight excluding hydrogens is 324 g/mol. The molecule has 2 atom stereocenters. The number of aromatic nitrogens is 2. The van der Waals surface area contributed by atoms with Crippen LogP contribution < -0.4 is 0 Å². The highest BCUT2D eigenvalue weighted by Crippen LogP contribution is 2.31. The smallest absolute Gasteiger partial charge is 0.241 e. The minimum Gasteiger partial charge on any atom is -0.338 e. The predicted molar refractivity (Wildman–Crippen MR) is 91.5 cm³/mol. The Hall–Kier alpha value is -1.73. The number of thiophene rings is 1. The van der Waals surface area contributed by atoms with Gasteiger partial charge in [-0.1, -0.05) is 5.16 Å². The van der Waals surface area contributed by atoms with Crippen molar-refractivity contribution >= 4 is 17.2 Å². The summed E-state index contributed by atoms with van der Waals surface area (Å²) in [5.41, 5.74) is 1.01. The molecule has 2 aliphatic heterocycles. The monoisotopic (exact) mass is 346 g/mol. The molecule has 2 aliphatic rings. The Kier molecular flexibility index (Phi) is 4.37. The van der Waals surface area contributed by atoms with Gasteiger partial charge >= 0.3 is 0 Å². The molecule has 24 heavy (non-hydrogen) atoms. The van der Waals surface area contributed by atoms with Gasteiger partial charge in [-0.2, -0.15) is 16.3 Å². The summed E-state index contributed by atoms with van der Waals surface area (Å²) in [5.74, 6) is 1.52. The molecule has 0 bridgehead atoms. The second-order valence-corrected chi connectivity index (χ2v) is 7.41. The van der Waals surface area contributed by atoms with Gasteiger partial charge in [0.05, 0.1) is 6.54 Å². The van der Waals surface area contributed by atoms with Crippen molar-refractivity contribution in [3.05, 3.63) is 22.7 Å². The molecule has 0 radical (unpaired) electrons. The largest absolute Gasteiger partial charge is 0.338 e. The van der Waals surface area contributed by atoms with Gasteiger partial charge in [0, 0.05) is 36.5 Å². The van der Waals surface area contributed by atoms with Gasteiger partial charge in [-0.05, 0) is 43.7 Å². The summed E-state index contributed by atoms with van der Waals surface area (Å²) in [4.78, 5) is 20.9. The Bertz CT molecular complexity index is 699. The molecule has 0 N–H and O–H groups in total. The SMILES string of the molecule is CC(=O)N1CCCC1C1CCCN1Cc1nc(-c2ccsc2)no1. The van der Waals surface area contributed by atoms with Crippen LogP contribution in [0.15, 0.2) is 21.3 Å². The lowest BCUT2D eigenvalue weighted by Crippen LogP contribution is -2.47. The van der Waals surface area contributed by atoms with E-state index < -0.39 is 0 Å². The van der Waals surface area contributed by atoms with Crippen molar-refractivity contribution in [3.8, 4) is 11.4 Å². The molecule has 0 saturated carbocycles. The Balaban J connectivity index is 1.47. The van der Waals surface area contributed by atoms with Crippen molar-refractivity contribution in [1.82, 2.24) is 19.9 Å². The topological polar surface area (TPSA) is 62.5 Å². The van der Waals surface area contributed by atoms with Crippen molar-refractivity contribution < 1.29 is 9.32 Å². The van der Waals surface area contributed by atoms with Crippen LogP contribution in [0.3, 0.4) is 0 Å². The summed E-state index contributed by atoms with van der Waals surface area (Å²) >= 11 is 1.63. The van der Waals surface area contributed by atoms with Gasteiger partial charge < -0.3 is 9.42 Å². The molecule has 7 heteroatoms. The van der Waals surface area contributed by atoms with Gasteiger partial charge in [0.1, 0.15) is 0 Å². The highest BCUT2D eigenvalue weighted by molar-refractivity contribution is 7.08. The summed E-state index contributed by atoms with van der Waals surface area (Å²) in [6, 6.07) is 2.75. The molecule has 4 heterocycles. The number of amides is 1. The number of carbonyl (C=O) groups excluding carboxylic acids is 1. The Morgan fingerprint density at radius 3 is 2.96 bits per heavy atom. The van der Waals surface area contributed by atoms with E-state index in [1.165, 1.54) is 6.42 Å². The van der Waals surface area contributed by atoms with Crippen LogP contribution in [0, 0.1) is 0 Å². The van der Waals surface area contributed by atoms with E-state index in [-0.39, 0.29) is 5.91 Å². The van der Waals surface area contributed by atoms with E-state index in [4.69, 9.17) is 4.52 Å². The maximum atomic E-state index is 11.9. The summed E-state index contributed by atoms with van der Waals surface area (Å²) < 4.78 is 5.46. The van der Waals surface area contributed by atoms with Crippen LogP contribution in [-0.4, -0.2) is 51.0 Å². The summed E-state index contributed by atoms with van der Waals surface area (Å²) in [7, 11) is 0. The van der Waals surface area contributed by atoms with E-state index in [0.717, 1.165) is 37.9 Å². The van der Waals surface area contributed by atoms with E-state index in [1.807, 2.05) is 21.7 Å². The molecule has 2 aromatic heterocycles. The number of hydrogen-bond donors (Lipinski definition) is 0. The summed E-state index contributed by atoms with van der Waals surface area (Å²) in [6.45, 7) is 4.28. The molecule has 2 saturated heterocycles. The maximum absolute atomic E-state index is 11.9. The fourth-order valence-electron chi connectivity index (χ4n) is 4.07. The van der Waals surface area contributed by atoms with Crippen LogP contribution in [0.2, 0.25) is 0 Å². The van der Waals surface area contributed by atoms with Crippen molar-refractivity contribution in [1.29, 1.82) is 0 Å². The Morgan fingerprint density at radius 2 is 2.17 bits per heavy atom. The maximum Gasteiger partial charge on any atom is 0.241 e. The van der Waals surface area contributed by atoms with Gasteiger partial charge in [-0.25, -0.2) is 0 Å². The predicted octanol–water partition coefficient (Wildman–Crippen LogP) is 2.77. The minimum atomic E-state index is 0.196. The van der Waals surface area contributed by atoms with Crippen LogP contribution >= 0.6 is 11.3 Å². The van der Waals surface area contributed by atoms with E-state index >= 15 is 0 Å². The molecule has 1 amide bonds. The van der Waals surface area contributed by atoms with Crippen molar-refractivity contribution in [3.63, 3.8) is 0 Å². The normalized spacial score (nSPS) is 24.8. The molecule has 0 aliphatic carbocycles. The van der Waals surface area contributed by atoms with Crippen LogP contribution in [0.25, 0.3) is 11.4 Å². The number of rotatable bonds is 4. The van der Waals surface area contributed by atoms with Crippen molar-refractivity contribution in [2.24, 2.45) is 0 Å². The number of likely N-dealkylation sites (tertiary alicyclic amines) is 2. The summed E-state index contributed by atoms with van der Waals surface area (Å²) in [6.07, 6.45) is 4.51.